The fourth-order valence-corrected chi connectivity index (χ4v) is 2.49. The van der Waals surface area contributed by atoms with Crippen LogP contribution < -0.4 is 5.32 Å². The minimum atomic E-state index is 0.246. The number of nitrogens with one attached hydrogen (secondary N) is 1. The lowest BCUT2D eigenvalue weighted by Crippen LogP contribution is -2.22. The lowest BCUT2D eigenvalue weighted by atomic mass is 10.1. The Kier molecular flexibility index (Phi) is 6.87. The Morgan fingerprint density at radius 1 is 1.50 bits per heavy atom. The summed E-state index contributed by atoms with van der Waals surface area (Å²) >= 11 is 5.91. The third kappa shape index (κ3) is 4.31. The van der Waals surface area contributed by atoms with Crippen LogP contribution in [0.2, 0.25) is 0 Å². The Bertz CT molecular complexity index is 333. The normalized spacial score (nSPS) is 12.8. The molecule has 0 aliphatic rings. The number of benzene rings is 1. The molecule has 0 amide bonds. The van der Waals surface area contributed by atoms with Gasteiger partial charge in [0.25, 0.3) is 0 Å². The predicted octanol–water partition coefficient (Wildman–Crippen LogP) is 3.74. The first-order valence-electron chi connectivity index (χ1n) is 5.39. The summed E-state index contributed by atoms with van der Waals surface area (Å²) in [5.74, 6) is 0. The molecule has 90 valence electrons. The van der Waals surface area contributed by atoms with Crippen LogP contribution in [0.4, 0.5) is 0 Å². The lowest BCUT2D eigenvalue weighted by molar-refractivity contribution is 0.114. The average molecular weight is 398 g/mol. The highest BCUT2D eigenvalue weighted by atomic mass is 127. The molecule has 0 saturated carbocycles. The molecule has 0 saturated heterocycles. The molecule has 0 bridgehead atoms. The molecule has 1 rings (SSSR count). The van der Waals surface area contributed by atoms with Crippen LogP contribution >= 0.6 is 38.5 Å². The topological polar surface area (TPSA) is 21.3 Å². The van der Waals surface area contributed by atoms with Crippen molar-refractivity contribution in [3.05, 3.63) is 31.8 Å². The lowest BCUT2D eigenvalue weighted by Gasteiger charge is -2.18. The average Bonchev–Trinajstić information content (AvgIpc) is 2.28. The highest BCUT2D eigenvalue weighted by Gasteiger charge is 2.12. The summed E-state index contributed by atoms with van der Waals surface area (Å²) in [6, 6.07) is 6.60. The molecule has 1 aromatic rings. The summed E-state index contributed by atoms with van der Waals surface area (Å²) in [6.45, 7) is 3.65. The van der Waals surface area contributed by atoms with Gasteiger partial charge >= 0.3 is 0 Å². The number of likely N-dealkylation sites (N-methyl/N-ethyl adjacent to an activating group) is 1. The van der Waals surface area contributed by atoms with Gasteiger partial charge in [0.15, 0.2) is 0 Å². The number of rotatable bonds is 6. The molecule has 0 spiro atoms. The second kappa shape index (κ2) is 7.63. The van der Waals surface area contributed by atoms with Crippen molar-refractivity contribution in [3.8, 4) is 0 Å². The fraction of sp³-hybridized carbons (Fsp3) is 0.500. The molecule has 1 unspecified atom stereocenters. The van der Waals surface area contributed by atoms with Gasteiger partial charge in [0.2, 0.25) is 0 Å². The van der Waals surface area contributed by atoms with E-state index in [1.54, 1.807) is 0 Å². The van der Waals surface area contributed by atoms with E-state index < -0.39 is 0 Å². The summed E-state index contributed by atoms with van der Waals surface area (Å²) in [5.41, 5.74) is 1.26. The third-order valence-corrected chi connectivity index (χ3v) is 3.71. The van der Waals surface area contributed by atoms with E-state index in [-0.39, 0.29) is 6.04 Å². The predicted molar refractivity (Wildman–Crippen MR) is 79.8 cm³/mol. The zero-order chi connectivity index (χ0) is 12.0. The first-order valence-corrected chi connectivity index (χ1v) is 7.26. The summed E-state index contributed by atoms with van der Waals surface area (Å²) in [6.07, 6.45) is 1.06. The highest BCUT2D eigenvalue weighted by Crippen LogP contribution is 2.25. The summed E-state index contributed by atoms with van der Waals surface area (Å²) < 4.78 is 7.97. The van der Waals surface area contributed by atoms with E-state index in [1.165, 1.54) is 9.13 Å². The van der Waals surface area contributed by atoms with Crippen LogP contribution in [0.25, 0.3) is 0 Å². The molecule has 0 heterocycles. The Morgan fingerprint density at radius 2 is 2.25 bits per heavy atom. The fourth-order valence-electron chi connectivity index (χ4n) is 1.46. The van der Waals surface area contributed by atoms with Crippen LogP contribution in [-0.2, 0) is 4.74 Å². The summed E-state index contributed by atoms with van der Waals surface area (Å²) in [5, 5.41) is 3.29. The molecule has 0 radical (unpaired) electrons. The Hall–Kier alpha value is 0.350. The maximum atomic E-state index is 5.60. The first kappa shape index (κ1) is 14.4. The molecule has 1 N–H and O–H groups in total. The van der Waals surface area contributed by atoms with Gasteiger partial charge in [0.1, 0.15) is 0 Å². The van der Waals surface area contributed by atoms with Crippen molar-refractivity contribution in [1.82, 2.24) is 5.32 Å². The number of ether oxygens (including phenoxy) is 1. The minimum absolute atomic E-state index is 0.246. The summed E-state index contributed by atoms with van der Waals surface area (Å²) in [4.78, 5) is 0. The van der Waals surface area contributed by atoms with Crippen molar-refractivity contribution in [2.24, 2.45) is 0 Å². The molecule has 4 heteroatoms. The zero-order valence-corrected chi connectivity index (χ0v) is 13.3. The van der Waals surface area contributed by atoms with Crippen LogP contribution in [-0.4, -0.2) is 20.3 Å². The largest absolute Gasteiger partial charge is 0.379 e. The van der Waals surface area contributed by atoms with Crippen LogP contribution in [0.15, 0.2) is 22.7 Å². The van der Waals surface area contributed by atoms with Crippen LogP contribution in [0.5, 0.6) is 0 Å². The van der Waals surface area contributed by atoms with E-state index in [1.807, 2.05) is 7.05 Å². The maximum absolute atomic E-state index is 5.60. The Labute approximate surface area is 119 Å². The van der Waals surface area contributed by atoms with Gasteiger partial charge in [0, 0.05) is 14.6 Å². The van der Waals surface area contributed by atoms with Crippen molar-refractivity contribution < 1.29 is 4.74 Å². The van der Waals surface area contributed by atoms with E-state index in [9.17, 15) is 0 Å². The van der Waals surface area contributed by atoms with E-state index in [2.05, 4.69) is 69.0 Å². The van der Waals surface area contributed by atoms with Crippen LogP contribution in [0.1, 0.15) is 24.9 Å². The molecule has 1 aromatic carbocycles. The molecule has 2 nitrogen and oxygen atoms in total. The van der Waals surface area contributed by atoms with Gasteiger partial charge in [-0.25, -0.2) is 0 Å². The van der Waals surface area contributed by atoms with Gasteiger partial charge in [-0.1, -0.05) is 22.9 Å². The van der Waals surface area contributed by atoms with E-state index in [0.717, 1.165) is 17.5 Å². The number of hydrogen-bond acceptors (Lipinski definition) is 2. The van der Waals surface area contributed by atoms with Gasteiger partial charge in [0.05, 0.1) is 12.6 Å². The van der Waals surface area contributed by atoms with E-state index in [4.69, 9.17) is 4.74 Å². The second-order valence-electron chi connectivity index (χ2n) is 3.58. The van der Waals surface area contributed by atoms with E-state index in [0.29, 0.717) is 6.61 Å². The molecule has 0 fully saturated rings. The van der Waals surface area contributed by atoms with E-state index >= 15 is 0 Å². The van der Waals surface area contributed by atoms with Crippen molar-refractivity contribution in [2.45, 2.75) is 19.4 Å². The van der Waals surface area contributed by atoms with Gasteiger partial charge in [-0.3, -0.25) is 0 Å². The molecule has 0 aliphatic heterocycles. The second-order valence-corrected chi connectivity index (χ2v) is 5.68. The molecular weight excluding hydrogens is 381 g/mol. The molecule has 0 aromatic heterocycles. The monoisotopic (exact) mass is 397 g/mol. The smallest absolute Gasteiger partial charge is 0.0661 e. The van der Waals surface area contributed by atoms with Crippen molar-refractivity contribution in [1.29, 1.82) is 0 Å². The number of hydrogen-bond donors (Lipinski definition) is 1. The van der Waals surface area contributed by atoms with Gasteiger partial charge < -0.3 is 10.1 Å². The summed E-state index contributed by atoms with van der Waals surface area (Å²) in [7, 11) is 1.96. The molecule has 16 heavy (non-hydrogen) atoms. The zero-order valence-electron chi connectivity index (χ0n) is 9.59. The quantitative estimate of drug-likeness (QED) is 0.583. The third-order valence-electron chi connectivity index (χ3n) is 2.31. The molecule has 1 atom stereocenters. The number of halogens is 2. The standard InChI is InChI=1S/C12H17BrINO/c1-3-6-16-8-12(15-2)10-7-9(14)4-5-11(10)13/h4-5,7,12,15H,3,6,8H2,1-2H3. The van der Waals surface area contributed by atoms with Gasteiger partial charge in [-0.2, -0.15) is 0 Å². The minimum Gasteiger partial charge on any atom is -0.379 e. The highest BCUT2D eigenvalue weighted by molar-refractivity contribution is 14.1. The molecule has 0 aliphatic carbocycles. The van der Waals surface area contributed by atoms with Crippen LogP contribution in [0, 0.1) is 3.57 Å². The SMILES string of the molecule is CCCOCC(NC)c1cc(I)ccc1Br. The van der Waals surface area contributed by atoms with Crippen LogP contribution in [0.3, 0.4) is 0 Å². The first-order chi connectivity index (χ1) is 7.69. The van der Waals surface area contributed by atoms with Crippen molar-refractivity contribution >= 4 is 38.5 Å². The molecular formula is C12H17BrINO. The van der Waals surface area contributed by atoms with Crippen molar-refractivity contribution in [3.63, 3.8) is 0 Å². The van der Waals surface area contributed by atoms with Gasteiger partial charge in [-0.15, -0.1) is 0 Å². The maximum Gasteiger partial charge on any atom is 0.0661 e. The van der Waals surface area contributed by atoms with Gasteiger partial charge in [-0.05, 0) is 59.8 Å². The Morgan fingerprint density at radius 3 is 2.88 bits per heavy atom. The van der Waals surface area contributed by atoms with Crippen molar-refractivity contribution in [2.75, 3.05) is 20.3 Å². The Balaban J connectivity index is 2.73.